The van der Waals surface area contributed by atoms with Gasteiger partial charge in [0.05, 0.1) is 0 Å². The van der Waals surface area contributed by atoms with E-state index in [9.17, 15) is 4.79 Å². The van der Waals surface area contributed by atoms with Crippen LogP contribution in [0.25, 0.3) is 0 Å². The summed E-state index contributed by atoms with van der Waals surface area (Å²) >= 11 is 4.75. The molecule has 0 saturated carbocycles. The second-order valence-electron chi connectivity index (χ2n) is 2.42. The van der Waals surface area contributed by atoms with Gasteiger partial charge < -0.3 is 23.7 Å². The Morgan fingerprint density at radius 2 is 2.46 bits per heavy atom. The van der Waals surface area contributed by atoms with Crippen LogP contribution < -0.4 is 5.73 Å². The number of aromatic nitrogens is 2. The Morgan fingerprint density at radius 3 is 2.85 bits per heavy atom. The van der Waals surface area contributed by atoms with Crippen LogP contribution in [-0.4, -0.2) is 76.0 Å². The van der Waals surface area contributed by atoms with E-state index in [2.05, 4.69) is 9.97 Å². The first kappa shape index (κ1) is 13.4. The summed E-state index contributed by atoms with van der Waals surface area (Å²) in [5, 5.41) is 8.47. The molecule has 0 fully saturated rings. The molecule has 7 heteroatoms. The zero-order valence-electron chi connectivity index (χ0n) is 8.91. The van der Waals surface area contributed by atoms with E-state index in [0.29, 0.717) is 10.5 Å². The third-order valence-electron chi connectivity index (χ3n) is 1.41. The van der Waals surface area contributed by atoms with Gasteiger partial charge in [-0.15, -0.1) is 0 Å². The third kappa shape index (κ3) is 4.45. The first-order valence-electron chi connectivity index (χ1n) is 3.34. The molecule has 1 aromatic rings. The van der Waals surface area contributed by atoms with Gasteiger partial charge >= 0.3 is 54.9 Å². The van der Waals surface area contributed by atoms with Crippen LogP contribution in [0.5, 0.6) is 0 Å². The number of nitrogens with one attached hydrogen (secondary N) is 2. The van der Waals surface area contributed by atoms with Crippen molar-refractivity contribution in [1.29, 1.82) is 0 Å². The van der Waals surface area contributed by atoms with E-state index >= 15 is 0 Å². The van der Waals surface area contributed by atoms with Gasteiger partial charge in [-0.2, -0.15) is 0 Å². The third-order valence-corrected chi connectivity index (χ3v) is 1.63. The zero-order valence-corrected chi connectivity index (χ0v) is 12.2. The largest absolute Gasteiger partial charge is 2.00 e. The van der Waals surface area contributed by atoms with Crippen LogP contribution in [0.15, 0.2) is 6.20 Å². The average molecular weight is 327 g/mol. The fourth-order valence-electron chi connectivity index (χ4n) is 0.805. The molecule has 0 aliphatic heterocycles. The summed E-state index contributed by atoms with van der Waals surface area (Å²) in [7, 11) is 0. The van der Waals surface area contributed by atoms with Gasteiger partial charge in [-0.05, 0) is 12.2 Å². The van der Waals surface area contributed by atoms with E-state index in [1.54, 1.807) is 6.20 Å². The van der Waals surface area contributed by atoms with Gasteiger partial charge in [0.1, 0.15) is 6.04 Å². The predicted molar refractivity (Wildman–Crippen MR) is 53.3 cm³/mol. The van der Waals surface area contributed by atoms with E-state index in [4.69, 9.17) is 23.1 Å². The molecule has 0 bridgehead atoms. The van der Waals surface area contributed by atoms with E-state index in [1.807, 2.05) is 0 Å². The molecule has 1 rings (SSSR count). The molecule has 0 aromatic carbocycles. The Kier molecular flexibility index (Phi) is 6.22. The molecule has 70 valence electrons. The van der Waals surface area contributed by atoms with Crippen LogP contribution in [0.3, 0.4) is 0 Å². The summed E-state index contributed by atoms with van der Waals surface area (Å²) in [5.74, 6) is -1.02. The number of carboxylic acid groups (broad SMARTS) is 1. The van der Waals surface area contributed by atoms with Crippen LogP contribution in [0.1, 0.15) is 8.55 Å². The molecule has 0 saturated heterocycles. The molecule has 0 aliphatic rings. The number of rotatable bonds is 3. The minimum atomic E-state index is -1.02. The minimum Gasteiger partial charge on any atom is -1.00 e. The number of carboxylic acids is 1. The number of carbonyl (C=O) groups is 1. The number of hydrogen-bond donors (Lipinski definition) is 4. The summed E-state index contributed by atoms with van der Waals surface area (Å²) in [6.45, 7) is 0. The molecule has 5 nitrogen and oxygen atoms in total. The summed E-state index contributed by atoms with van der Waals surface area (Å²) in [4.78, 5) is 15.8. The molecule has 0 aliphatic carbocycles. The predicted octanol–water partition coefficient (Wildman–Crippen LogP) is -0.129. The number of H-pyrrole nitrogens is 2. The standard InChI is InChI=1S/C6H9N3O2S.Ba.2H/c7-4(5(10)11)1-3-2-8-6(12)9-3;;;/h2,4H,1,7H2,(H,10,11)(H2,8,9,12);;;/q;+2;2*-1/t4-;;;/m0.../s1. The van der Waals surface area contributed by atoms with Gasteiger partial charge in [0.25, 0.3) is 0 Å². The smallest absolute Gasteiger partial charge is 1.00 e. The SMILES string of the molecule is N[C@@H](Cc1c[nH]c(=S)[nH]1)C(=O)O.[Ba+2].[H-].[H-]. The van der Waals surface area contributed by atoms with Crippen molar-refractivity contribution < 1.29 is 12.8 Å². The first-order chi connectivity index (χ1) is 5.59. The molecule has 1 atom stereocenters. The zero-order chi connectivity index (χ0) is 9.14. The van der Waals surface area contributed by atoms with Gasteiger partial charge in [-0.25, -0.2) is 0 Å². The molecule has 1 aromatic heterocycles. The van der Waals surface area contributed by atoms with Crippen molar-refractivity contribution in [1.82, 2.24) is 9.97 Å². The summed E-state index contributed by atoms with van der Waals surface area (Å²) in [6, 6.07) is -0.883. The molecular formula is C6H11BaN3O2S. The molecule has 0 unspecified atom stereocenters. The number of nitrogens with two attached hydrogens (primary N) is 1. The van der Waals surface area contributed by atoms with E-state index < -0.39 is 12.0 Å². The molecule has 5 N–H and O–H groups in total. The summed E-state index contributed by atoms with van der Waals surface area (Å²) < 4.78 is 0.475. The first-order valence-corrected chi connectivity index (χ1v) is 3.75. The van der Waals surface area contributed by atoms with Crippen LogP contribution >= 0.6 is 12.2 Å². The van der Waals surface area contributed by atoms with Crippen molar-refractivity contribution in [2.75, 3.05) is 0 Å². The van der Waals surface area contributed by atoms with E-state index in [0.717, 1.165) is 0 Å². The summed E-state index contributed by atoms with van der Waals surface area (Å²) in [6.07, 6.45) is 1.87. The van der Waals surface area contributed by atoms with E-state index in [-0.39, 0.29) is 58.2 Å². The Hall–Kier alpha value is 0.431. The second-order valence-corrected chi connectivity index (χ2v) is 2.83. The maximum atomic E-state index is 10.3. The molecule has 0 spiro atoms. The quantitative estimate of drug-likeness (QED) is 0.460. The molecule has 0 amide bonds. The van der Waals surface area contributed by atoms with Crippen molar-refractivity contribution in [3.8, 4) is 0 Å². The maximum absolute atomic E-state index is 10.3. The maximum Gasteiger partial charge on any atom is 2.00 e. The van der Waals surface area contributed by atoms with E-state index in [1.165, 1.54) is 0 Å². The molecular weight excluding hydrogens is 315 g/mol. The topological polar surface area (TPSA) is 94.9 Å². The van der Waals surface area contributed by atoms with Crippen molar-refractivity contribution in [2.24, 2.45) is 5.73 Å². The van der Waals surface area contributed by atoms with Crippen LogP contribution in [-0.2, 0) is 11.2 Å². The fraction of sp³-hybridized carbons (Fsp3) is 0.333. The molecule has 13 heavy (non-hydrogen) atoms. The van der Waals surface area contributed by atoms with Crippen LogP contribution in [0.4, 0.5) is 0 Å². The Balaban J connectivity index is -0.000000480. The second kappa shape index (κ2) is 6.02. The number of aliphatic carboxylic acids is 1. The van der Waals surface area contributed by atoms with Crippen LogP contribution in [0, 0.1) is 4.77 Å². The monoisotopic (exact) mass is 327 g/mol. The number of aromatic amines is 2. The molecule has 1 heterocycles. The van der Waals surface area contributed by atoms with Gasteiger partial charge in [-0.3, -0.25) is 4.79 Å². The minimum absolute atomic E-state index is 0. The normalized spacial score (nSPS) is 11.8. The Bertz CT molecular complexity index is 343. The van der Waals surface area contributed by atoms with Crippen molar-refractivity contribution in [3.63, 3.8) is 0 Å². The molecule has 0 radical (unpaired) electrons. The van der Waals surface area contributed by atoms with Crippen molar-refractivity contribution in [2.45, 2.75) is 12.5 Å². The summed E-state index contributed by atoms with van der Waals surface area (Å²) in [5.41, 5.74) is 5.99. The average Bonchev–Trinajstić information content (AvgIpc) is 2.35. The van der Waals surface area contributed by atoms with Gasteiger partial charge in [0.2, 0.25) is 0 Å². The van der Waals surface area contributed by atoms with Crippen molar-refractivity contribution in [3.05, 3.63) is 16.7 Å². The van der Waals surface area contributed by atoms with Gasteiger partial charge in [0.15, 0.2) is 4.77 Å². The van der Waals surface area contributed by atoms with Gasteiger partial charge in [0, 0.05) is 18.3 Å². The van der Waals surface area contributed by atoms with Crippen LogP contribution in [0.2, 0.25) is 0 Å². The Morgan fingerprint density at radius 1 is 1.85 bits per heavy atom. The van der Waals surface area contributed by atoms with Crippen molar-refractivity contribution >= 4 is 67.1 Å². The Labute approximate surface area is 123 Å². The fourth-order valence-corrected chi connectivity index (χ4v) is 0.995. The number of imidazole rings is 1. The van der Waals surface area contributed by atoms with Gasteiger partial charge in [-0.1, -0.05) is 0 Å². The number of hydrogen-bond acceptors (Lipinski definition) is 3.